The molecule has 0 fully saturated rings. The second-order valence-electron chi connectivity index (χ2n) is 5.86. The SMILES string of the molecule is Cc1ccc(OCc2ccccc2CNC(C)C)c(C)c1. The maximum absolute atomic E-state index is 6.00. The zero-order valence-electron chi connectivity index (χ0n) is 13.4. The van der Waals surface area contributed by atoms with Gasteiger partial charge in [0.15, 0.2) is 0 Å². The van der Waals surface area contributed by atoms with Gasteiger partial charge in [0.05, 0.1) is 0 Å². The number of aryl methyl sites for hydroxylation is 2. The molecule has 0 amide bonds. The molecule has 2 heteroatoms. The normalized spacial score (nSPS) is 10.9. The monoisotopic (exact) mass is 283 g/mol. The highest BCUT2D eigenvalue weighted by molar-refractivity contribution is 5.36. The Hall–Kier alpha value is -1.80. The van der Waals surface area contributed by atoms with E-state index in [2.05, 4.69) is 75.5 Å². The molecule has 21 heavy (non-hydrogen) atoms. The van der Waals surface area contributed by atoms with E-state index in [4.69, 9.17) is 4.74 Å². The van der Waals surface area contributed by atoms with E-state index in [1.165, 1.54) is 22.3 Å². The van der Waals surface area contributed by atoms with Crippen LogP contribution < -0.4 is 10.1 Å². The quantitative estimate of drug-likeness (QED) is 0.849. The van der Waals surface area contributed by atoms with Gasteiger partial charge in [-0.05, 0) is 36.6 Å². The maximum atomic E-state index is 6.00. The summed E-state index contributed by atoms with van der Waals surface area (Å²) in [6.45, 7) is 10.0. The summed E-state index contributed by atoms with van der Waals surface area (Å²) in [5.41, 5.74) is 5.00. The number of hydrogen-bond donors (Lipinski definition) is 1. The highest BCUT2D eigenvalue weighted by Crippen LogP contribution is 2.21. The molecular weight excluding hydrogens is 258 g/mol. The van der Waals surface area contributed by atoms with Gasteiger partial charge in [0.25, 0.3) is 0 Å². The van der Waals surface area contributed by atoms with Crippen molar-refractivity contribution < 1.29 is 4.74 Å². The van der Waals surface area contributed by atoms with E-state index < -0.39 is 0 Å². The molecule has 2 rings (SSSR count). The summed E-state index contributed by atoms with van der Waals surface area (Å²) < 4.78 is 6.00. The molecule has 0 aliphatic carbocycles. The van der Waals surface area contributed by atoms with Crippen LogP contribution in [0.15, 0.2) is 42.5 Å². The third-order valence-corrected chi connectivity index (χ3v) is 3.53. The van der Waals surface area contributed by atoms with Crippen LogP contribution in [0.25, 0.3) is 0 Å². The standard InChI is InChI=1S/C19H25NO/c1-14(2)20-12-17-7-5-6-8-18(17)13-21-19-10-9-15(3)11-16(19)4/h5-11,14,20H,12-13H2,1-4H3. The first-order valence-electron chi connectivity index (χ1n) is 7.56. The smallest absolute Gasteiger partial charge is 0.122 e. The first kappa shape index (κ1) is 15.6. The predicted molar refractivity (Wildman–Crippen MR) is 88.7 cm³/mol. The van der Waals surface area contributed by atoms with Gasteiger partial charge in [-0.3, -0.25) is 0 Å². The van der Waals surface area contributed by atoms with Crippen LogP contribution in [0.3, 0.4) is 0 Å². The van der Waals surface area contributed by atoms with Crippen molar-refractivity contribution in [3.63, 3.8) is 0 Å². The molecule has 0 aliphatic heterocycles. The summed E-state index contributed by atoms with van der Waals surface area (Å²) in [4.78, 5) is 0. The second kappa shape index (κ2) is 7.28. The van der Waals surface area contributed by atoms with Crippen molar-refractivity contribution in [1.29, 1.82) is 0 Å². The Balaban J connectivity index is 2.05. The van der Waals surface area contributed by atoms with Crippen LogP contribution >= 0.6 is 0 Å². The minimum Gasteiger partial charge on any atom is -0.489 e. The van der Waals surface area contributed by atoms with Crippen LogP contribution in [0.4, 0.5) is 0 Å². The van der Waals surface area contributed by atoms with E-state index in [9.17, 15) is 0 Å². The van der Waals surface area contributed by atoms with Crippen LogP contribution in [0.1, 0.15) is 36.1 Å². The summed E-state index contributed by atoms with van der Waals surface area (Å²) in [6.07, 6.45) is 0. The van der Waals surface area contributed by atoms with Gasteiger partial charge in [0, 0.05) is 12.6 Å². The minimum absolute atomic E-state index is 0.485. The van der Waals surface area contributed by atoms with E-state index in [-0.39, 0.29) is 0 Å². The van der Waals surface area contributed by atoms with E-state index in [1.54, 1.807) is 0 Å². The average molecular weight is 283 g/mol. The summed E-state index contributed by atoms with van der Waals surface area (Å²) in [7, 11) is 0. The fourth-order valence-electron chi connectivity index (χ4n) is 2.30. The topological polar surface area (TPSA) is 21.3 Å². The van der Waals surface area contributed by atoms with Gasteiger partial charge in [-0.1, -0.05) is 55.8 Å². The Labute approximate surface area is 128 Å². The van der Waals surface area contributed by atoms with Crippen molar-refractivity contribution in [2.75, 3.05) is 0 Å². The Kier molecular flexibility index (Phi) is 5.40. The molecule has 0 atom stereocenters. The lowest BCUT2D eigenvalue weighted by Crippen LogP contribution is -2.22. The van der Waals surface area contributed by atoms with Crippen molar-refractivity contribution in [2.24, 2.45) is 0 Å². The third kappa shape index (κ3) is 4.61. The number of nitrogens with one attached hydrogen (secondary N) is 1. The molecule has 0 unspecified atom stereocenters. The molecule has 112 valence electrons. The van der Waals surface area contributed by atoms with Gasteiger partial charge < -0.3 is 10.1 Å². The molecule has 0 spiro atoms. The number of ether oxygens (including phenoxy) is 1. The summed E-state index contributed by atoms with van der Waals surface area (Å²) in [5, 5.41) is 3.46. The molecule has 2 nitrogen and oxygen atoms in total. The molecule has 2 aromatic carbocycles. The van der Waals surface area contributed by atoms with Crippen LogP contribution in [0.2, 0.25) is 0 Å². The van der Waals surface area contributed by atoms with Gasteiger partial charge in [-0.2, -0.15) is 0 Å². The maximum Gasteiger partial charge on any atom is 0.122 e. The molecule has 0 aromatic heterocycles. The average Bonchev–Trinajstić information content (AvgIpc) is 2.45. The van der Waals surface area contributed by atoms with Crippen molar-refractivity contribution in [3.8, 4) is 5.75 Å². The highest BCUT2D eigenvalue weighted by Gasteiger charge is 2.05. The Morgan fingerprint density at radius 1 is 1.00 bits per heavy atom. The van der Waals surface area contributed by atoms with Gasteiger partial charge in [-0.15, -0.1) is 0 Å². The fourth-order valence-corrected chi connectivity index (χ4v) is 2.30. The van der Waals surface area contributed by atoms with Crippen molar-refractivity contribution in [2.45, 2.75) is 46.9 Å². The Morgan fingerprint density at radius 3 is 2.38 bits per heavy atom. The number of benzene rings is 2. The molecule has 0 bridgehead atoms. The zero-order valence-corrected chi connectivity index (χ0v) is 13.4. The largest absolute Gasteiger partial charge is 0.489 e. The molecule has 2 aromatic rings. The van der Waals surface area contributed by atoms with Gasteiger partial charge >= 0.3 is 0 Å². The predicted octanol–water partition coefficient (Wildman–Crippen LogP) is 4.38. The molecule has 0 saturated carbocycles. The van der Waals surface area contributed by atoms with Gasteiger partial charge in [0.2, 0.25) is 0 Å². The molecular formula is C19H25NO. The van der Waals surface area contributed by atoms with Crippen LogP contribution in [-0.2, 0) is 13.2 Å². The van der Waals surface area contributed by atoms with Crippen molar-refractivity contribution in [1.82, 2.24) is 5.32 Å². The van der Waals surface area contributed by atoms with Crippen molar-refractivity contribution in [3.05, 3.63) is 64.7 Å². The van der Waals surface area contributed by atoms with Crippen LogP contribution in [0.5, 0.6) is 5.75 Å². The highest BCUT2D eigenvalue weighted by atomic mass is 16.5. The molecule has 0 radical (unpaired) electrons. The van der Waals surface area contributed by atoms with E-state index in [0.29, 0.717) is 12.6 Å². The lowest BCUT2D eigenvalue weighted by Gasteiger charge is -2.14. The molecule has 0 saturated heterocycles. The van der Waals surface area contributed by atoms with Crippen molar-refractivity contribution >= 4 is 0 Å². The molecule has 0 heterocycles. The number of rotatable bonds is 6. The second-order valence-corrected chi connectivity index (χ2v) is 5.86. The fraction of sp³-hybridized carbons (Fsp3) is 0.368. The zero-order chi connectivity index (χ0) is 15.2. The van der Waals surface area contributed by atoms with E-state index >= 15 is 0 Å². The first-order valence-corrected chi connectivity index (χ1v) is 7.56. The minimum atomic E-state index is 0.485. The van der Waals surface area contributed by atoms with Gasteiger partial charge in [0.1, 0.15) is 12.4 Å². The summed E-state index contributed by atoms with van der Waals surface area (Å²) in [5.74, 6) is 0.965. The first-order chi connectivity index (χ1) is 10.1. The summed E-state index contributed by atoms with van der Waals surface area (Å²) >= 11 is 0. The lowest BCUT2D eigenvalue weighted by atomic mass is 10.1. The Morgan fingerprint density at radius 2 is 1.71 bits per heavy atom. The summed E-state index contributed by atoms with van der Waals surface area (Å²) in [6, 6.07) is 15.2. The molecule has 0 aliphatic rings. The lowest BCUT2D eigenvalue weighted by molar-refractivity contribution is 0.302. The van der Waals surface area contributed by atoms with Gasteiger partial charge in [-0.25, -0.2) is 0 Å². The third-order valence-electron chi connectivity index (χ3n) is 3.53. The molecule has 1 N–H and O–H groups in total. The Bertz CT molecular complexity index is 590. The van der Waals surface area contributed by atoms with Crippen LogP contribution in [0, 0.1) is 13.8 Å². The van der Waals surface area contributed by atoms with E-state index in [1.807, 2.05) is 0 Å². The van der Waals surface area contributed by atoms with E-state index in [0.717, 1.165) is 12.3 Å². The number of hydrogen-bond acceptors (Lipinski definition) is 2. The van der Waals surface area contributed by atoms with Crippen LogP contribution in [-0.4, -0.2) is 6.04 Å².